The standard InChI is InChI=1S/C18H23ClN2O3/c1-18(2,3)24-17(22)21-8-6-13(7-9-21)12-23-15-5-4-14(11-20)16(19)10-15/h4-5,10,13H,6-9,12H2,1-3H3. The van der Waals surface area contributed by atoms with Gasteiger partial charge >= 0.3 is 6.09 Å². The maximum Gasteiger partial charge on any atom is 0.410 e. The number of nitriles is 1. The number of piperidine rings is 1. The molecule has 0 aromatic heterocycles. The van der Waals surface area contributed by atoms with Gasteiger partial charge in [0.2, 0.25) is 0 Å². The van der Waals surface area contributed by atoms with E-state index in [1.807, 2.05) is 26.8 Å². The number of amides is 1. The van der Waals surface area contributed by atoms with Crippen molar-refractivity contribution in [1.29, 1.82) is 5.26 Å². The first-order valence-corrected chi connectivity index (χ1v) is 8.46. The van der Waals surface area contributed by atoms with Crippen LogP contribution in [-0.2, 0) is 4.74 Å². The summed E-state index contributed by atoms with van der Waals surface area (Å²) in [4.78, 5) is 13.8. The number of halogens is 1. The molecule has 130 valence electrons. The third-order valence-corrected chi connectivity index (χ3v) is 4.13. The van der Waals surface area contributed by atoms with Crippen molar-refractivity contribution in [2.75, 3.05) is 19.7 Å². The molecule has 1 aromatic rings. The van der Waals surface area contributed by atoms with Crippen LogP contribution in [0.4, 0.5) is 4.79 Å². The van der Waals surface area contributed by atoms with Gasteiger partial charge in [-0.3, -0.25) is 0 Å². The first kappa shape index (κ1) is 18.4. The number of rotatable bonds is 3. The summed E-state index contributed by atoms with van der Waals surface area (Å²) < 4.78 is 11.2. The van der Waals surface area contributed by atoms with Crippen LogP contribution in [-0.4, -0.2) is 36.3 Å². The van der Waals surface area contributed by atoms with E-state index in [0.29, 0.717) is 41.9 Å². The topological polar surface area (TPSA) is 62.6 Å². The Morgan fingerprint density at radius 2 is 2.04 bits per heavy atom. The monoisotopic (exact) mass is 350 g/mol. The summed E-state index contributed by atoms with van der Waals surface area (Å²) in [6.45, 7) is 7.54. The van der Waals surface area contributed by atoms with Crippen molar-refractivity contribution in [3.63, 3.8) is 0 Å². The van der Waals surface area contributed by atoms with Gasteiger partial charge in [0.05, 0.1) is 17.2 Å². The maximum atomic E-state index is 12.0. The van der Waals surface area contributed by atoms with Crippen LogP contribution in [0.3, 0.4) is 0 Å². The number of likely N-dealkylation sites (tertiary alicyclic amines) is 1. The predicted molar refractivity (Wildman–Crippen MR) is 92.2 cm³/mol. The number of carbonyl (C=O) groups excluding carboxylic acids is 1. The van der Waals surface area contributed by atoms with Gasteiger partial charge in [-0.1, -0.05) is 11.6 Å². The average Bonchev–Trinajstić information content (AvgIpc) is 2.52. The molecule has 0 aliphatic carbocycles. The van der Waals surface area contributed by atoms with Crippen molar-refractivity contribution >= 4 is 17.7 Å². The van der Waals surface area contributed by atoms with E-state index in [9.17, 15) is 4.79 Å². The van der Waals surface area contributed by atoms with E-state index in [1.54, 1.807) is 23.1 Å². The lowest BCUT2D eigenvalue weighted by Crippen LogP contribution is -2.42. The van der Waals surface area contributed by atoms with Crippen LogP contribution in [0.15, 0.2) is 18.2 Å². The van der Waals surface area contributed by atoms with Gasteiger partial charge in [0.1, 0.15) is 17.4 Å². The van der Waals surface area contributed by atoms with Crippen LogP contribution in [0, 0.1) is 17.2 Å². The lowest BCUT2D eigenvalue weighted by molar-refractivity contribution is 0.0165. The molecule has 24 heavy (non-hydrogen) atoms. The summed E-state index contributed by atoms with van der Waals surface area (Å²) in [5.74, 6) is 1.05. The molecule has 1 saturated heterocycles. The van der Waals surface area contributed by atoms with Crippen molar-refractivity contribution < 1.29 is 14.3 Å². The Labute approximate surface area is 148 Å². The van der Waals surface area contributed by atoms with Gasteiger partial charge in [-0.2, -0.15) is 5.26 Å². The first-order valence-electron chi connectivity index (χ1n) is 8.09. The second-order valence-electron chi connectivity index (χ2n) is 6.98. The summed E-state index contributed by atoms with van der Waals surface area (Å²) in [6.07, 6.45) is 1.51. The summed E-state index contributed by atoms with van der Waals surface area (Å²) in [6, 6.07) is 7.09. The number of ether oxygens (including phenoxy) is 2. The fourth-order valence-corrected chi connectivity index (χ4v) is 2.71. The Balaban J connectivity index is 1.78. The molecule has 0 unspecified atom stereocenters. The maximum absolute atomic E-state index is 12.0. The van der Waals surface area contributed by atoms with Gasteiger partial charge < -0.3 is 14.4 Å². The second-order valence-corrected chi connectivity index (χ2v) is 7.38. The molecular formula is C18H23ClN2O3. The fraction of sp³-hybridized carbons (Fsp3) is 0.556. The van der Waals surface area contributed by atoms with Gasteiger partial charge in [0.15, 0.2) is 0 Å². The SMILES string of the molecule is CC(C)(C)OC(=O)N1CCC(COc2ccc(C#N)c(Cl)c2)CC1. The highest BCUT2D eigenvalue weighted by molar-refractivity contribution is 6.31. The van der Waals surface area contributed by atoms with Gasteiger partial charge in [0, 0.05) is 19.2 Å². The van der Waals surface area contributed by atoms with Crippen molar-refractivity contribution in [1.82, 2.24) is 4.90 Å². The molecule has 5 nitrogen and oxygen atoms in total. The molecule has 1 fully saturated rings. The molecule has 0 N–H and O–H groups in total. The van der Waals surface area contributed by atoms with Crippen LogP contribution in [0.1, 0.15) is 39.2 Å². The van der Waals surface area contributed by atoms with Crippen LogP contribution >= 0.6 is 11.6 Å². The molecule has 0 radical (unpaired) electrons. The molecule has 1 amide bonds. The molecule has 0 saturated carbocycles. The van der Waals surface area contributed by atoms with Gasteiger partial charge in [-0.05, 0) is 51.7 Å². The molecule has 1 aromatic carbocycles. The summed E-state index contributed by atoms with van der Waals surface area (Å²) in [7, 11) is 0. The van der Waals surface area contributed by atoms with Crippen LogP contribution in [0.25, 0.3) is 0 Å². The smallest absolute Gasteiger partial charge is 0.410 e. The van der Waals surface area contributed by atoms with Crippen LogP contribution in [0.2, 0.25) is 5.02 Å². The highest BCUT2D eigenvalue weighted by atomic mass is 35.5. The zero-order valence-corrected chi connectivity index (χ0v) is 15.1. The minimum absolute atomic E-state index is 0.249. The number of benzene rings is 1. The summed E-state index contributed by atoms with van der Waals surface area (Å²) in [5.41, 5.74) is -0.0268. The Hall–Kier alpha value is -1.93. The average molecular weight is 351 g/mol. The minimum Gasteiger partial charge on any atom is -0.493 e. The van der Waals surface area contributed by atoms with Gasteiger partial charge in [-0.25, -0.2) is 4.79 Å². The predicted octanol–water partition coefficient (Wildman–Crippen LogP) is 4.24. The Morgan fingerprint density at radius 1 is 1.38 bits per heavy atom. The van der Waals surface area contributed by atoms with Gasteiger partial charge in [-0.15, -0.1) is 0 Å². The normalized spacial score (nSPS) is 15.7. The van der Waals surface area contributed by atoms with E-state index in [-0.39, 0.29) is 6.09 Å². The number of carbonyl (C=O) groups is 1. The van der Waals surface area contributed by atoms with Crippen molar-refractivity contribution in [3.8, 4) is 11.8 Å². The third-order valence-electron chi connectivity index (χ3n) is 3.81. The van der Waals surface area contributed by atoms with E-state index in [1.165, 1.54) is 0 Å². The van der Waals surface area contributed by atoms with Crippen molar-refractivity contribution in [2.24, 2.45) is 5.92 Å². The Bertz CT molecular complexity index is 626. The molecular weight excluding hydrogens is 328 g/mol. The second kappa shape index (κ2) is 7.76. The minimum atomic E-state index is -0.466. The molecule has 0 atom stereocenters. The van der Waals surface area contributed by atoms with Crippen LogP contribution in [0.5, 0.6) is 5.75 Å². The number of hydrogen-bond donors (Lipinski definition) is 0. The zero-order chi connectivity index (χ0) is 17.7. The van der Waals surface area contributed by atoms with Gasteiger partial charge in [0.25, 0.3) is 0 Å². The quantitative estimate of drug-likeness (QED) is 0.818. The molecule has 1 aliphatic rings. The summed E-state index contributed by atoms with van der Waals surface area (Å²) in [5, 5.41) is 9.26. The van der Waals surface area contributed by atoms with Crippen molar-refractivity contribution in [2.45, 2.75) is 39.2 Å². The number of nitrogens with zero attached hydrogens (tertiary/aromatic N) is 2. The zero-order valence-electron chi connectivity index (χ0n) is 14.3. The molecule has 2 rings (SSSR count). The van der Waals surface area contributed by atoms with E-state index in [4.69, 9.17) is 26.3 Å². The Morgan fingerprint density at radius 3 is 2.58 bits per heavy atom. The first-order chi connectivity index (χ1) is 11.3. The van der Waals surface area contributed by atoms with Crippen molar-refractivity contribution in [3.05, 3.63) is 28.8 Å². The number of hydrogen-bond acceptors (Lipinski definition) is 4. The van der Waals surface area contributed by atoms with E-state index in [2.05, 4.69) is 0 Å². The third kappa shape index (κ3) is 5.31. The van der Waals surface area contributed by atoms with E-state index < -0.39 is 5.60 Å². The largest absolute Gasteiger partial charge is 0.493 e. The van der Waals surface area contributed by atoms with Crippen LogP contribution < -0.4 is 4.74 Å². The van der Waals surface area contributed by atoms with E-state index in [0.717, 1.165) is 12.8 Å². The summed E-state index contributed by atoms with van der Waals surface area (Å²) >= 11 is 6.00. The highest BCUT2D eigenvalue weighted by Gasteiger charge is 2.27. The molecule has 0 spiro atoms. The molecule has 1 heterocycles. The molecule has 1 aliphatic heterocycles. The highest BCUT2D eigenvalue weighted by Crippen LogP contribution is 2.24. The molecule has 6 heteroatoms. The molecule has 0 bridgehead atoms. The lowest BCUT2D eigenvalue weighted by atomic mass is 9.98. The fourth-order valence-electron chi connectivity index (χ4n) is 2.50. The lowest BCUT2D eigenvalue weighted by Gasteiger charge is -2.33. The van der Waals surface area contributed by atoms with E-state index >= 15 is 0 Å². The Kier molecular flexibility index (Phi) is 5.95.